The van der Waals surface area contributed by atoms with Crippen LogP contribution in [-0.4, -0.2) is 15.0 Å². The van der Waals surface area contributed by atoms with Gasteiger partial charge in [-0.05, 0) is 23.8 Å². The Morgan fingerprint density at radius 1 is 0.842 bits per heavy atom. The lowest BCUT2D eigenvalue weighted by atomic mass is 10.1. The first kappa shape index (κ1) is 11.5. The van der Waals surface area contributed by atoms with Gasteiger partial charge in [0, 0.05) is 36.3 Å². The molecule has 1 aromatic carbocycles. The smallest absolute Gasteiger partial charge is 0.160 e. The fourth-order valence-electron chi connectivity index (χ4n) is 1.93. The molecule has 3 rings (SSSR count). The molecule has 3 nitrogen and oxygen atoms in total. The zero-order valence-corrected chi connectivity index (χ0v) is 10.4. The van der Waals surface area contributed by atoms with Crippen molar-refractivity contribution < 1.29 is 0 Å². The zero-order valence-electron chi connectivity index (χ0n) is 10.4. The minimum Gasteiger partial charge on any atom is -0.264 e. The second-order valence-electron chi connectivity index (χ2n) is 4.28. The van der Waals surface area contributed by atoms with Gasteiger partial charge in [-0.25, -0.2) is 9.97 Å². The molecule has 0 saturated heterocycles. The summed E-state index contributed by atoms with van der Waals surface area (Å²) in [5.74, 6) is 0.724. The summed E-state index contributed by atoms with van der Waals surface area (Å²) in [6, 6.07) is 16.1. The van der Waals surface area contributed by atoms with Gasteiger partial charge in [-0.15, -0.1) is 0 Å². The fraction of sp³-hybridized carbons (Fsp3) is 0.0625. The first-order valence-corrected chi connectivity index (χ1v) is 6.18. The van der Waals surface area contributed by atoms with Gasteiger partial charge in [0.15, 0.2) is 5.82 Å². The number of hydrogen-bond donors (Lipinski definition) is 0. The average Bonchev–Trinajstić information content (AvgIpc) is 2.49. The first-order chi connectivity index (χ1) is 9.42. The molecule has 0 fully saturated rings. The van der Waals surface area contributed by atoms with Gasteiger partial charge in [-0.3, -0.25) is 4.98 Å². The third kappa shape index (κ3) is 2.83. The van der Waals surface area contributed by atoms with Gasteiger partial charge in [0.1, 0.15) is 0 Å². The van der Waals surface area contributed by atoms with Crippen molar-refractivity contribution in [1.29, 1.82) is 0 Å². The number of benzene rings is 1. The highest BCUT2D eigenvalue weighted by atomic mass is 14.9. The predicted octanol–water partition coefficient (Wildman–Crippen LogP) is 3.13. The van der Waals surface area contributed by atoms with E-state index in [4.69, 9.17) is 0 Å². The molecule has 3 heteroatoms. The van der Waals surface area contributed by atoms with Crippen LogP contribution in [0.3, 0.4) is 0 Å². The maximum atomic E-state index is 4.59. The van der Waals surface area contributed by atoms with E-state index in [-0.39, 0.29) is 0 Å². The summed E-state index contributed by atoms with van der Waals surface area (Å²) < 4.78 is 0. The number of hydrogen-bond acceptors (Lipinski definition) is 3. The Balaban J connectivity index is 1.89. The van der Waals surface area contributed by atoms with Crippen LogP contribution in [0.25, 0.3) is 11.4 Å². The standard InChI is InChI=1S/C16H13N3/c1-2-5-13(6-3-1)11-15-8-10-18-16(19-15)14-7-4-9-17-12-14/h1-10,12H,11H2. The number of rotatable bonds is 3. The molecule has 0 aliphatic rings. The molecule has 3 aromatic rings. The van der Waals surface area contributed by atoms with Crippen LogP contribution in [0, 0.1) is 0 Å². The normalized spacial score (nSPS) is 10.3. The van der Waals surface area contributed by atoms with Gasteiger partial charge < -0.3 is 0 Å². The average molecular weight is 247 g/mol. The number of nitrogens with zero attached hydrogens (tertiary/aromatic N) is 3. The lowest BCUT2D eigenvalue weighted by Crippen LogP contribution is -1.96. The second-order valence-corrected chi connectivity index (χ2v) is 4.28. The molecule has 0 aliphatic carbocycles. The van der Waals surface area contributed by atoms with Gasteiger partial charge >= 0.3 is 0 Å². The molecule has 19 heavy (non-hydrogen) atoms. The van der Waals surface area contributed by atoms with Crippen LogP contribution in [0.2, 0.25) is 0 Å². The maximum Gasteiger partial charge on any atom is 0.160 e. The van der Waals surface area contributed by atoms with Crippen molar-refractivity contribution in [3.63, 3.8) is 0 Å². The molecular formula is C16H13N3. The number of aromatic nitrogens is 3. The molecule has 0 bridgehead atoms. The summed E-state index contributed by atoms with van der Waals surface area (Å²) in [5, 5.41) is 0. The topological polar surface area (TPSA) is 38.7 Å². The second kappa shape index (κ2) is 5.40. The van der Waals surface area contributed by atoms with Crippen molar-refractivity contribution in [2.45, 2.75) is 6.42 Å². The largest absolute Gasteiger partial charge is 0.264 e. The van der Waals surface area contributed by atoms with Gasteiger partial charge in [0.25, 0.3) is 0 Å². The maximum absolute atomic E-state index is 4.59. The van der Waals surface area contributed by atoms with E-state index in [1.54, 1.807) is 18.6 Å². The van der Waals surface area contributed by atoms with Crippen molar-refractivity contribution in [3.05, 3.63) is 78.4 Å². The van der Waals surface area contributed by atoms with Crippen molar-refractivity contribution in [3.8, 4) is 11.4 Å². The van der Waals surface area contributed by atoms with Crippen LogP contribution < -0.4 is 0 Å². The minimum atomic E-state index is 0.724. The highest BCUT2D eigenvalue weighted by Gasteiger charge is 2.03. The summed E-state index contributed by atoms with van der Waals surface area (Å²) in [4.78, 5) is 13.0. The molecule has 0 N–H and O–H groups in total. The Morgan fingerprint density at radius 3 is 2.53 bits per heavy atom. The van der Waals surface area contributed by atoms with Crippen LogP contribution in [0.1, 0.15) is 11.3 Å². The predicted molar refractivity (Wildman–Crippen MR) is 74.5 cm³/mol. The first-order valence-electron chi connectivity index (χ1n) is 6.18. The molecule has 2 heterocycles. The molecular weight excluding hydrogens is 234 g/mol. The molecule has 0 amide bonds. The molecule has 0 aliphatic heterocycles. The molecule has 0 spiro atoms. The Morgan fingerprint density at radius 2 is 1.74 bits per heavy atom. The summed E-state index contributed by atoms with van der Waals surface area (Å²) in [6.07, 6.45) is 6.14. The highest BCUT2D eigenvalue weighted by Crippen LogP contribution is 2.14. The fourth-order valence-corrected chi connectivity index (χ4v) is 1.93. The third-order valence-corrected chi connectivity index (χ3v) is 2.86. The van der Waals surface area contributed by atoms with E-state index in [1.807, 2.05) is 36.4 Å². The SMILES string of the molecule is c1ccc(Cc2ccnc(-c3cccnc3)n2)cc1. The summed E-state index contributed by atoms with van der Waals surface area (Å²) in [6.45, 7) is 0. The van der Waals surface area contributed by atoms with E-state index in [2.05, 4.69) is 27.1 Å². The van der Waals surface area contributed by atoms with E-state index >= 15 is 0 Å². The van der Waals surface area contributed by atoms with Crippen LogP contribution in [0.5, 0.6) is 0 Å². The van der Waals surface area contributed by atoms with E-state index in [1.165, 1.54) is 5.56 Å². The third-order valence-electron chi connectivity index (χ3n) is 2.86. The number of pyridine rings is 1. The molecule has 2 aromatic heterocycles. The lowest BCUT2D eigenvalue weighted by Gasteiger charge is -2.03. The van der Waals surface area contributed by atoms with Gasteiger partial charge in [-0.1, -0.05) is 30.3 Å². The summed E-state index contributed by atoms with van der Waals surface area (Å²) >= 11 is 0. The van der Waals surface area contributed by atoms with Crippen molar-refractivity contribution >= 4 is 0 Å². The van der Waals surface area contributed by atoms with E-state index < -0.39 is 0 Å². The van der Waals surface area contributed by atoms with Crippen molar-refractivity contribution in [2.75, 3.05) is 0 Å². The van der Waals surface area contributed by atoms with Crippen molar-refractivity contribution in [2.24, 2.45) is 0 Å². The molecule has 0 saturated carbocycles. The molecule has 0 unspecified atom stereocenters. The van der Waals surface area contributed by atoms with Crippen LogP contribution >= 0.6 is 0 Å². The monoisotopic (exact) mass is 247 g/mol. The van der Waals surface area contributed by atoms with Gasteiger partial charge in [0.2, 0.25) is 0 Å². The zero-order chi connectivity index (χ0) is 12.9. The summed E-state index contributed by atoms with van der Waals surface area (Å²) in [7, 11) is 0. The highest BCUT2D eigenvalue weighted by molar-refractivity contribution is 5.52. The Labute approximate surface area is 112 Å². The Bertz CT molecular complexity index is 651. The van der Waals surface area contributed by atoms with Crippen LogP contribution in [0.15, 0.2) is 67.1 Å². The Kier molecular flexibility index (Phi) is 3.28. The van der Waals surface area contributed by atoms with Crippen molar-refractivity contribution in [1.82, 2.24) is 15.0 Å². The van der Waals surface area contributed by atoms with E-state index in [0.29, 0.717) is 0 Å². The van der Waals surface area contributed by atoms with E-state index in [9.17, 15) is 0 Å². The quantitative estimate of drug-likeness (QED) is 0.713. The van der Waals surface area contributed by atoms with Gasteiger partial charge in [-0.2, -0.15) is 0 Å². The summed E-state index contributed by atoms with van der Waals surface area (Å²) in [5.41, 5.74) is 3.20. The van der Waals surface area contributed by atoms with Crippen LogP contribution in [0.4, 0.5) is 0 Å². The molecule has 0 radical (unpaired) electrons. The van der Waals surface area contributed by atoms with E-state index in [0.717, 1.165) is 23.5 Å². The minimum absolute atomic E-state index is 0.724. The van der Waals surface area contributed by atoms with Crippen LogP contribution in [-0.2, 0) is 6.42 Å². The molecule has 92 valence electrons. The Hall–Kier alpha value is -2.55. The lowest BCUT2D eigenvalue weighted by molar-refractivity contribution is 1.03. The van der Waals surface area contributed by atoms with Gasteiger partial charge in [0.05, 0.1) is 0 Å². The molecule has 0 atom stereocenters.